The fourth-order valence-corrected chi connectivity index (χ4v) is 14.1. The van der Waals surface area contributed by atoms with Crippen molar-refractivity contribution in [3.8, 4) is 0 Å². The number of hydrogen-bond acceptors (Lipinski definition) is 0. The van der Waals surface area contributed by atoms with E-state index in [1.165, 1.54) is 190 Å². The number of aryl methyl sites for hydroxylation is 11. The molecule has 462 valence electrons. The van der Waals surface area contributed by atoms with Crippen LogP contribution in [0.25, 0.3) is 129 Å². The molecule has 0 atom stereocenters. The number of hydrogen-bond donors (Lipinski definition) is 0. The molecule has 18 rings (SSSR count). The third-order valence-corrected chi connectivity index (χ3v) is 19.6. The van der Waals surface area contributed by atoms with Crippen molar-refractivity contribution in [2.75, 3.05) is 0 Å². The molecule has 0 bridgehead atoms. The second-order valence-electron chi connectivity index (χ2n) is 26.1. The predicted octanol–water partition coefficient (Wildman–Crippen LogP) is 27.4. The minimum Gasteiger partial charge on any atom is -0.0616 e. The van der Waals surface area contributed by atoms with E-state index in [0.717, 1.165) is 0 Å². The number of rotatable bonds is 0. The summed E-state index contributed by atoms with van der Waals surface area (Å²) in [6.45, 7) is 23.9. The molecule has 0 aliphatic rings. The van der Waals surface area contributed by atoms with Gasteiger partial charge in [0.15, 0.2) is 0 Å². The van der Waals surface area contributed by atoms with Gasteiger partial charge in [-0.15, -0.1) is 0 Å². The lowest BCUT2D eigenvalue weighted by molar-refractivity contribution is 1.37. The van der Waals surface area contributed by atoms with Crippen LogP contribution in [-0.2, 0) is 0 Å². The van der Waals surface area contributed by atoms with Gasteiger partial charge in [0.2, 0.25) is 0 Å². The second-order valence-corrected chi connectivity index (χ2v) is 26.1. The molecule has 18 aromatic rings. The summed E-state index contributed by atoms with van der Waals surface area (Å²) in [6, 6.07) is 107. The first kappa shape index (κ1) is 62.9. The molecule has 0 heterocycles. The van der Waals surface area contributed by atoms with Crippen molar-refractivity contribution in [3.63, 3.8) is 0 Å². The standard InChI is InChI=1S/5C16H14.C15H12/c1-11-5-3-7-15-13(11)9-10-14-12(2)6-4-8-16(14)15;1-11-6-9-15-14(10-11)8-7-13-5-3-4-12(2)16(13)15;1-11-7-9-16-14(12(11)2)10-8-13-5-3-4-6-15(13)16;1-11-9-14-8-7-13-5-3-4-6-15(13)16(14)10-12(11)2;1-11-7-8-15-14-6-4-3-5-13(14)10-12(2)16(15)9-11;1-11-10-12-6-2-3-8-14(12)15-9-5-4-7-13(11)15/h5*3-10H,1-2H3;2-10H,1H3. The minimum atomic E-state index is 1.32. The molecular weight excluding hydrogens is 1140 g/mol. The Kier molecular flexibility index (Phi) is 18.1. The Balaban J connectivity index is 0.000000103. The SMILES string of the molecule is Cc1cc2ccc3ccccc3c2cc1C.Cc1cc2ccccc2c2ccccc12.Cc1ccc2c(c1)c(C)cc1ccccc12.Cc1ccc2c(ccc3cccc(C)c32)c1.Cc1ccc2c(ccc3ccccc32)c1C.Cc1cccc2c1ccc1c(C)cccc12. The molecule has 0 aromatic heterocycles. The topological polar surface area (TPSA) is 0 Å². The van der Waals surface area contributed by atoms with Crippen molar-refractivity contribution < 1.29 is 0 Å². The normalized spacial score (nSPS) is 11.1. The molecule has 0 amide bonds. The second kappa shape index (κ2) is 27.3. The monoisotopic (exact) mass is 1220 g/mol. The van der Waals surface area contributed by atoms with Crippen LogP contribution in [0.1, 0.15) is 61.2 Å². The lowest BCUT2D eigenvalue weighted by Crippen LogP contribution is -1.84. The van der Waals surface area contributed by atoms with Crippen molar-refractivity contribution >= 4 is 129 Å². The van der Waals surface area contributed by atoms with Crippen LogP contribution in [0.5, 0.6) is 0 Å². The Hall–Kier alpha value is -10.9. The fraction of sp³-hybridized carbons (Fsp3) is 0.116. The molecule has 0 aliphatic carbocycles. The molecule has 0 nitrogen and oxygen atoms in total. The van der Waals surface area contributed by atoms with Crippen molar-refractivity contribution in [1.82, 2.24) is 0 Å². The first-order valence-corrected chi connectivity index (χ1v) is 33.5. The third kappa shape index (κ3) is 13.0. The molecule has 0 N–H and O–H groups in total. The van der Waals surface area contributed by atoms with E-state index in [-0.39, 0.29) is 0 Å². The first-order valence-electron chi connectivity index (χ1n) is 33.5. The van der Waals surface area contributed by atoms with E-state index in [2.05, 4.69) is 373 Å². The van der Waals surface area contributed by atoms with Crippen molar-refractivity contribution in [1.29, 1.82) is 0 Å². The summed E-state index contributed by atoms with van der Waals surface area (Å²) in [4.78, 5) is 0. The molecule has 18 aromatic carbocycles. The van der Waals surface area contributed by atoms with Crippen molar-refractivity contribution in [2.24, 2.45) is 0 Å². The van der Waals surface area contributed by atoms with Crippen LogP contribution in [0, 0.1) is 76.2 Å². The summed E-state index contributed by atoms with van der Waals surface area (Å²) < 4.78 is 0. The molecule has 95 heavy (non-hydrogen) atoms. The van der Waals surface area contributed by atoms with Crippen LogP contribution in [0.2, 0.25) is 0 Å². The third-order valence-electron chi connectivity index (χ3n) is 19.6. The molecule has 0 spiro atoms. The summed E-state index contributed by atoms with van der Waals surface area (Å²) in [6.07, 6.45) is 0. The molecule has 0 saturated heterocycles. The first-order chi connectivity index (χ1) is 46.2. The van der Waals surface area contributed by atoms with Crippen LogP contribution < -0.4 is 0 Å². The Morgan fingerprint density at radius 3 is 1.07 bits per heavy atom. The van der Waals surface area contributed by atoms with Gasteiger partial charge in [0.1, 0.15) is 0 Å². The van der Waals surface area contributed by atoms with E-state index >= 15 is 0 Å². The van der Waals surface area contributed by atoms with Crippen molar-refractivity contribution in [3.05, 3.63) is 358 Å². The lowest BCUT2D eigenvalue weighted by Gasteiger charge is -2.08. The Bertz CT molecular complexity index is 5770. The van der Waals surface area contributed by atoms with Gasteiger partial charge in [-0.3, -0.25) is 0 Å². The van der Waals surface area contributed by atoms with Gasteiger partial charge < -0.3 is 0 Å². The maximum absolute atomic E-state index is 2.30. The average molecular weight is 1220 g/mol. The summed E-state index contributed by atoms with van der Waals surface area (Å²) in [5, 5.41) is 32.4. The summed E-state index contributed by atoms with van der Waals surface area (Å²) in [5.74, 6) is 0. The van der Waals surface area contributed by atoms with Gasteiger partial charge in [0.05, 0.1) is 0 Å². The van der Waals surface area contributed by atoms with Gasteiger partial charge in [-0.25, -0.2) is 0 Å². The van der Waals surface area contributed by atoms with E-state index in [0.29, 0.717) is 0 Å². The number of benzene rings is 18. The Labute approximate surface area is 560 Å². The van der Waals surface area contributed by atoms with Gasteiger partial charge in [-0.05, 0) is 256 Å². The maximum Gasteiger partial charge on any atom is -0.00761 e. The zero-order valence-electron chi connectivity index (χ0n) is 56.8. The number of fused-ring (bicyclic) bond motifs is 18. The molecule has 0 fully saturated rings. The highest BCUT2D eigenvalue weighted by atomic mass is 14.1. The Morgan fingerprint density at radius 1 is 0.137 bits per heavy atom. The molecule has 0 heteroatoms. The predicted molar refractivity (Wildman–Crippen MR) is 421 cm³/mol. The molecular formula is C95H82. The summed E-state index contributed by atoms with van der Waals surface area (Å²) >= 11 is 0. The summed E-state index contributed by atoms with van der Waals surface area (Å²) in [5.41, 5.74) is 14.9. The van der Waals surface area contributed by atoms with Crippen LogP contribution in [0.4, 0.5) is 0 Å². The highest BCUT2D eigenvalue weighted by Gasteiger charge is 2.09. The Morgan fingerprint density at radius 2 is 0.463 bits per heavy atom. The van der Waals surface area contributed by atoms with Crippen molar-refractivity contribution in [2.45, 2.75) is 76.2 Å². The van der Waals surface area contributed by atoms with Gasteiger partial charge in [0.25, 0.3) is 0 Å². The lowest BCUT2D eigenvalue weighted by atomic mass is 9.96. The smallest absolute Gasteiger partial charge is 0.00761 e. The largest absolute Gasteiger partial charge is 0.0616 e. The minimum absolute atomic E-state index is 1.32. The van der Waals surface area contributed by atoms with E-state index in [1.807, 2.05) is 0 Å². The van der Waals surface area contributed by atoms with Crippen LogP contribution in [0.15, 0.2) is 297 Å². The van der Waals surface area contributed by atoms with E-state index < -0.39 is 0 Å². The van der Waals surface area contributed by atoms with Crippen LogP contribution in [0.3, 0.4) is 0 Å². The van der Waals surface area contributed by atoms with E-state index in [9.17, 15) is 0 Å². The molecule has 0 aliphatic heterocycles. The summed E-state index contributed by atoms with van der Waals surface area (Å²) in [7, 11) is 0. The van der Waals surface area contributed by atoms with Gasteiger partial charge in [-0.1, -0.05) is 308 Å². The van der Waals surface area contributed by atoms with Gasteiger partial charge >= 0.3 is 0 Å². The average Bonchev–Trinajstić information content (AvgIpc) is 0.887. The zero-order chi connectivity index (χ0) is 65.9. The van der Waals surface area contributed by atoms with Gasteiger partial charge in [0, 0.05) is 0 Å². The molecule has 0 saturated carbocycles. The quantitative estimate of drug-likeness (QED) is 0.133. The van der Waals surface area contributed by atoms with Crippen LogP contribution >= 0.6 is 0 Å². The van der Waals surface area contributed by atoms with Crippen LogP contribution in [-0.4, -0.2) is 0 Å². The highest BCUT2D eigenvalue weighted by Crippen LogP contribution is 2.35. The zero-order valence-corrected chi connectivity index (χ0v) is 56.8. The van der Waals surface area contributed by atoms with Gasteiger partial charge in [-0.2, -0.15) is 0 Å². The fourth-order valence-electron chi connectivity index (χ4n) is 14.1. The van der Waals surface area contributed by atoms with E-state index in [1.54, 1.807) is 0 Å². The maximum atomic E-state index is 2.30. The molecule has 0 unspecified atom stereocenters. The highest BCUT2D eigenvalue weighted by molar-refractivity contribution is 6.13. The van der Waals surface area contributed by atoms with E-state index in [4.69, 9.17) is 0 Å². The molecule has 0 radical (unpaired) electrons.